The maximum absolute atomic E-state index is 12.3. The smallest absolute Gasteiger partial charge is 0.286 e. The number of amides is 1. The van der Waals surface area contributed by atoms with Crippen molar-refractivity contribution in [3.63, 3.8) is 0 Å². The van der Waals surface area contributed by atoms with Gasteiger partial charge in [-0.3, -0.25) is 4.79 Å². The Morgan fingerprint density at radius 2 is 2.04 bits per heavy atom. The van der Waals surface area contributed by atoms with Gasteiger partial charge in [-0.15, -0.1) is 4.40 Å². The molecule has 0 saturated heterocycles. The Morgan fingerprint density at radius 3 is 2.81 bits per heavy atom. The van der Waals surface area contributed by atoms with Gasteiger partial charge in [0.1, 0.15) is 10.6 Å². The van der Waals surface area contributed by atoms with Crippen LogP contribution in [-0.2, 0) is 14.8 Å². The van der Waals surface area contributed by atoms with Crippen molar-refractivity contribution < 1.29 is 17.9 Å². The topological polar surface area (TPSA) is 96.9 Å². The van der Waals surface area contributed by atoms with Crippen LogP contribution in [0.3, 0.4) is 0 Å². The van der Waals surface area contributed by atoms with Crippen molar-refractivity contribution in [2.75, 3.05) is 23.0 Å². The molecule has 7 nitrogen and oxygen atoms in total. The van der Waals surface area contributed by atoms with Gasteiger partial charge in [0.05, 0.1) is 23.7 Å². The van der Waals surface area contributed by atoms with E-state index in [-0.39, 0.29) is 21.7 Å². The molecule has 0 spiro atoms. The summed E-state index contributed by atoms with van der Waals surface area (Å²) in [7, 11) is -3.78. The second-order valence-corrected chi connectivity index (χ2v) is 8.30. The second kappa shape index (κ2) is 8.01. The molecule has 9 heteroatoms. The highest BCUT2D eigenvalue weighted by atomic mass is 32.2. The van der Waals surface area contributed by atoms with Crippen LogP contribution in [-0.4, -0.2) is 31.9 Å². The molecule has 0 fully saturated rings. The summed E-state index contributed by atoms with van der Waals surface area (Å²) in [6, 6.07) is 12.1. The standard InChI is InChI=1S/C18H19N3O4S2/c1-3-25-15-7-5-4-6-13(15)19-17(22)11-26-18-20-14-10-12(2)8-9-16(14)27(23,24)21-18/h4-10H,3,11H2,1-2H3,(H,19,22)(H,20,21). The largest absolute Gasteiger partial charge is 0.492 e. The van der Waals surface area contributed by atoms with E-state index in [9.17, 15) is 13.2 Å². The number of fused-ring (bicyclic) bond motifs is 1. The Morgan fingerprint density at radius 1 is 1.26 bits per heavy atom. The van der Waals surface area contributed by atoms with Crippen LogP contribution in [0.4, 0.5) is 11.4 Å². The van der Waals surface area contributed by atoms with Crippen molar-refractivity contribution in [3.8, 4) is 5.75 Å². The van der Waals surface area contributed by atoms with Gasteiger partial charge in [-0.05, 0) is 43.7 Å². The Balaban J connectivity index is 1.67. The predicted octanol–water partition coefficient (Wildman–Crippen LogP) is 3.24. The summed E-state index contributed by atoms with van der Waals surface area (Å²) in [5, 5.41) is 5.91. The van der Waals surface area contributed by atoms with E-state index in [1.807, 2.05) is 19.9 Å². The van der Waals surface area contributed by atoms with E-state index < -0.39 is 10.0 Å². The number of benzene rings is 2. The highest BCUT2D eigenvalue weighted by Gasteiger charge is 2.25. The minimum Gasteiger partial charge on any atom is -0.492 e. The monoisotopic (exact) mass is 405 g/mol. The number of ether oxygens (including phenoxy) is 1. The van der Waals surface area contributed by atoms with Crippen LogP contribution in [0.15, 0.2) is 51.8 Å². The lowest BCUT2D eigenvalue weighted by atomic mass is 10.2. The zero-order chi connectivity index (χ0) is 19.4. The lowest BCUT2D eigenvalue weighted by Gasteiger charge is -2.18. The number of carbonyl (C=O) groups excluding carboxylic acids is 1. The molecule has 1 amide bonds. The number of hydrogen-bond acceptors (Lipinski definition) is 6. The fourth-order valence-corrected chi connectivity index (χ4v) is 4.51. The predicted molar refractivity (Wildman–Crippen MR) is 108 cm³/mol. The summed E-state index contributed by atoms with van der Waals surface area (Å²) in [5.74, 6) is 0.297. The summed E-state index contributed by atoms with van der Waals surface area (Å²) in [6.07, 6.45) is 0. The summed E-state index contributed by atoms with van der Waals surface area (Å²) < 4.78 is 33.8. The molecule has 2 aromatic carbocycles. The van der Waals surface area contributed by atoms with Crippen molar-refractivity contribution in [1.82, 2.24) is 0 Å². The number of thioether (sulfide) groups is 1. The molecule has 1 aliphatic heterocycles. The van der Waals surface area contributed by atoms with Gasteiger partial charge in [0.15, 0.2) is 5.17 Å². The fourth-order valence-electron chi connectivity index (χ4n) is 2.50. The average Bonchev–Trinajstić information content (AvgIpc) is 2.61. The van der Waals surface area contributed by atoms with Crippen LogP contribution in [0.25, 0.3) is 0 Å². The molecule has 2 N–H and O–H groups in total. The lowest BCUT2D eigenvalue weighted by Crippen LogP contribution is -2.22. The third-order valence-corrected chi connectivity index (χ3v) is 5.98. The van der Waals surface area contributed by atoms with Gasteiger partial charge < -0.3 is 15.4 Å². The van der Waals surface area contributed by atoms with Crippen LogP contribution in [0.2, 0.25) is 0 Å². The number of anilines is 2. The van der Waals surface area contributed by atoms with E-state index in [1.165, 1.54) is 6.07 Å². The lowest BCUT2D eigenvalue weighted by molar-refractivity contribution is -0.113. The Kier molecular flexibility index (Phi) is 5.71. The molecule has 1 heterocycles. The Labute approximate surface area is 162 Å². The van der Waals surface area contributed by atoms with E-state index in [0.717, 1.165) is 17.3 Å². The second-order valence-electron chi connectivity index (χ2n) is 5.76. The molecule has 2 aromatic rings. The SMILES string of the molecule is CCOc1ccccc1NC(=O)CSC1=NS(=O)(=O)c2ccc(C)cc2N1. The molecule has 0 bridgehead atoms. The summed E-state index contributed by atoms with van der Waals surface area (Å²) in [6.45, 7) is 4.22. The number of rotatable bonds is 5. The van der Waals surface area contributed by atoms with Gasteiger partial charge in [-0.25, -0.2) is 0 Å². The number of nitrogens with zero attached hydrogens (tertiary/aromatic N) is 1. The van der Waals surface area contributed by atoms with Crippen molar-refractivity contribution in [1.29, 1.82) is 0 Å². The van der Waals surface area contributed by atoms with Crippen LogP contribution < -0.4 is 15.4 Å². The molecule has 0 saturated carbocycles. The van der Waals surface area contributed by atoms with Crippen LogP contribution in [0.1, 0.15) is 12.5 Å². The molecular weight excluding hydrogens is 386 g/mol. The van der Waals surface area contributed by atoms with Gasteiger partial charge in [-0.2, -0.15) is 8.42 Å². The highest BCUT2D eigenvalue weighted by molar-refractivity contribution is 8.15. The number of carbonyl (C=O) groups is 1. The normalized spacial score (nSPS) is 14.5. The first-order chi connectivity index (χ1) is 12.9. The zero-order valence-corrected chi connectivity index (χ0v) is 16.5. The number of hydrogen-bond donors (Lipinski definition) is 2. The molecule has 3 rings (SSSR count). The Bertz CT molecular complexity index is 1000. The van der Waals surface area contributed by atoms with Gasteiger partial charge >= 0.3 is 0 Å². The van der Waals surface area contributed by atoms with E-state index in [0.29, 0.717) is 23.7 Å². The van der Waals surface area contributed by atoms with E-state index in [2.05, 4.69) is 15.0 Å². The molecule has 0 aromatic heterocycles. The minimum atomic E-state index is -3.78. The van der Waals surface area contributed by atoms with Gasteiger partial charge in [0.2, 0.25) is 5.91 Å². The third kappa shape index (κ3) is 4.61. The van der Waals surface area contributed by atoms with Crippen LogP contribution >= 0.6 is 11.8 Å². The van der Waals surface area contributed by atoms with Gasteiger partial charge in [0.25, 0.3) is 10.0 Å². The minimum absolute atomic E-state index is 0.00294. The maximum Gasteiger partial charge on any atom is 0.286 e. The number of amidine groups is 1. The number of aryl methyl sites for hydroxylation is 1. The molecule has 142 valence electrons. The molecule has 0 radical (unpaired) electrons. The fraction of sp³-hybridized carbons (Fsp3) is 0.222. The quantitative estimate of drug-likeness (QED) is 0.793. The first-order valence-corrected chi connectivity index (χ1v) is 10.7. The summed E-state index contributed by atoms with van der Waals surface area (Å²) in [4.78, 5) is 12.4. The average molecular weight is 406 g/mol. The molecule has 0 aliphatic carbocycles. The zero-order valence-electron chi connectivity index (χ0n) is 14.9. The number of nitrogens with one attached hydrogen (secondary N) is 2. The molecule has 1 aliphatic rings. The van der Waals surface area contributed by atoms with Crippen molar-refractivity contribution in [2.45, 2.75) is 18.7 Å². The van der Waals surface area contributed by atoms with E-state index in [4.69, 9.17) is 4.74 Å². The van der Waals surface area contributed by atoms with E-state index >= 15 is 0 Å². The van der Waals surface area contributed by atoms with Gasteiger partial charge in [0, 0.05) is 0 Å². The van der Waals surface area contributed by atoms with Gasteiger partial charge in [-0.1, -0.05) is 30.0 Å². The highest BCUT2D eigenvalue weighted by Crippen LogP contribution is 2.30. The van der Waals surface area contributed by atoms with Crippen LogP contribution in [0, 0.1) is 6.92 Å². The van der Waals surface area contributed by atoms with Crippen LogP contribution in [0.5, 0.6) is 5.75 Å². The molecular formula is C18H19N3O4S2. The molecule has 27 heavy (non-hydrogen) atoms. The maximum atomic E-state index is 12.3. The molecule has 0 atom stereocenters. The summed E-state index contributed by atoms with van der Waals surface area (Å²) >= 11 is 1.02. The van der Waals surface area contributed by atoms with Crippen molar-refractivity contribution in [3.05, 3.63) is 48.0 Å². The van der Waals surface area contributed by atoms with Crippen molar-refractivity contribution >= 4 is 44.2 Å². The first-order valence-electron chi connectivity index (χ1n) is 8.26. The number of sulfonamides is 1. The van der Waals surface area contributed by atoms with E-state index in [1.54, 1.807) is 30.3 Å². The summed E-state index contributed by atoms with van der Waals surface area (Å²) in [5.41, 5.74) is 1.96. The molecule has 0 unspecified atom stereocenters. The third-order valence-electron chi connectivity index (χ3n) is 3.66. The first kappa shape index (κ1) is 19.2. The Hall–Kier alpha value is -2.52. The van der Waals surface area contributed by atoms with Crippen molar-refractivity contribution in [2.24, 2.45) is 4.40 Å². The number of para-hydroxylation sites is 2.